The highest BCUT2D eigenvalue weighted by atomic mass is 16.5. The van der Waals surface area contributed by atoms with Gasteiger partial charge in [-0.2, -0.15) is 0 Å². The molecule has 3 aromatic rings. The molecule has 1 saturated heterocycles. The minimum atomic E-state index is 0.237. The zero-order chi connectivity index (χ0) is 19.6. The Labute approximate surface area is 171 Å². The number of carbonyl (C=O) groups is 1. The second kappa shape index (κ2) is 7.97. The summed E-state index contributed by atoms with van der Waals surface area (Å²) in [6.45, 7) is 5.12. The van der Waals surface area contributed by atoms with Crippen molar-refractivity contribution in [3.63, 3.8) is 0 Å². The van der Waals surface area contributed by atoms with Crippen molar-refractivity contribution in [3.05, 3.63) is 66.2 Å². The number of nitrogens with zero attached hydrogens (tertiary/aromatic N) is 2. The van der Waals surface area contributed by atoms with Crippen LogP contribution < -0.4 is 4.90 Å². The van der Waals surface area contributed by atoms with E-state index < -0.39 is 0 Å². The van der Waals surface area contributed by atoms with E-state index in [1.807, 2.05) is 4.90 Å². The SMILES string of the molecule is O=C1CCc2ccc(-c3ccc4ccccc4c3)cc2N1CCN1CCOCC1. The van der Waals surface area contributed by atoms with E-state index in [4.69, 9.17) is 4.74 Å². The van der Waals surface area contributed by atoms with E-state index in [0.29, 0.717) is 6.42 Å². The third-order valence-electron chi connectivity index (χ3n) is 6.11. The second-order valence-corrected chi connectivity index (χ2v) is 7.90. The largest absolute Gasteiger partial charge is 0.379 e. The molecule has 0 N–H and O–H groups in total. The summed E-state index contributed by atoms with van der Waals surface area (Å²) >= 11 is 0. The molecule has 2 aliphatic rings. The molecule has 3 aromatic carbocycles. The molecule has 2 aliphatic heterocycles. The lowest BCUT2D eigenvalue weighted by molar-refractivity contribution is -0.119. The van der Waals surface area contributed by atoms with Gasteiger partial charge in [-0.25, -0.2) is 0 Å². The molecule has 0 aromatic heterocycles. The maximum atomic E-state index is 12.7. The van der Waals surface area contributed by atoms with Gasteiger partial charge in [0.2, 0.25) is 5.91 Å². The van der Waals surface area contributed by atoms with Crippen molar-refractivity contribution in [2.75, 3.05) is 44.3 Å². The first-order chi connectivity index (χ1) is 14.3. The summed E-state index contributed by atoms with van der Waals surface area (Å²) in [5, 5.41) is 2.49. The lowest BCUT2D eigenvalue weighted by Gasteiger charge is -2.33. The van der Waals surface area contributed by atoms with E-state index in [9.17, 15) is 4.79 Å². The fourth-order valence-corrected chi connectivity index (χ4v) is 4.40. The molecule has 2 heterocycles. The van der Waals surface area contributed by atoms with Crippen molar-refractivity contribution < 1.29 is 9.53 Å². The summed E-state index contributed by atoms with van der Waals surface area (Å²) in [7, 11) is 0. The molecule has 148 valence electrons. The van der Waals surface area contributed by atoms with Gasteiger partial charge >= 0.3 is 0 Å². The van der Waals surface area contributed by atoms with Crippen LogP contribution in [-0.2, 0) is 16.0 Å². The number of fused-ring (bicyclic) bond motifs is 2. The summed E-state index contributed by atoms with van der Waals surface area (Å²) in [6.07, 6.45) is 1.44. The number of hydrogen-bond acceptors (Lipinski definition) is 3. The van der Waals surface area contributed by atoms with Gasteiger partial charge in [0.1, 0.15) is 0 Å². The van der Waals surface area contributed by atoms with E-state index in [2.05, 4.69) is 65.6 Å². The lowest BCUT2D eigenvalue weighted by atomic mass is 9.95. The summed E-state index contributed by atoms with van der Waals surface area (Å²) in [5.74, 6) is 0.237. The van der Waals surface area contributed by atoms with Crippen LogP contribution in [0.5, 0.6) is 0 Å². The predicted molar refractivity (Wildman–Crippen MR) is 117 cm³/mol. The molecular formula is C25H26N2O2. The number of aryl methyl sites for hydroxylation is 1. The van der Waals surface area contributed by atoms with E-state index in [-0.39, 0.29) is 5.91 Å². The molecule has 29 heavy (non-hydrogen) atoms. The average Bonchev–Trinajstić information content (AvgIpc) is 2.78. The van der Waals surface area contributed by atoms with E-state index in [0.717, 1.165) is 51.5 Å². The van der Waals surface area contributed by atoms with Crippen molar-refractivity contribution in [1.82, 2.24) is 4.90 Å². The van der Waals surface area contributed by atoms with Crippen LogP contribution in [0.4, 0.5) is 5.69 Å². The number of carbonyl (C=O) groups excluding carboxylic acids is 1. The molecule has 5 rings (SSSR count). The zero-order valence-corrected chi connectivity index (χ0v) is 16.6. The van der Waals surface area contributed by atoms with Gasteiger partial charge in [-0.15, -0.1) is 0 Å². The highest BCUT2D eigenvalue weighted by Crippen LogP contribution is 2.33. The molecule has 0 aliphatic carbocycles. The maximum Gasteiger partial charge on any atom is 0.227 e. The molecule has 4 heteroatoms. The summed E-state index contributed by atoms with van der Waals surface area (Å²) < 4.78 is 5.44. The second-order valence-electron chi connectivity index (χ2n) is 7.90. The van der Waals surface area contributed by atoms with Gasteiger partial charge in [-0.3, -0.25) is 9.69 Å². The smallest absolute Gasteiger partial charge is 0.227 e. The molecule has 1 amide bonds. The molecule has 4 nitrogen and oxygen atoms in total. The molecule has 0 atom stereocenters. The van der Waals surface area contributed by atoms with Gasteiger partial charge in [0.25, 0.3) is 0 Å². The van der Waals surface area contributed by atoms with Gasteiger partial charge in [-0.05, 0) is 46.0 Å². The van der Waals surface area contributed by atoms with Crippen LogP contribution in [0.25, 0.3) is 21.9 Å². The third kappa shape index (κ3) is 3.78. The van der Waals surface area contributed by atoms with Gasteiger partial charge in [0.05, 0.1) is 13.2 Å². The number of morpholine rings is 1. The molecule has 0 saturated carbocycles. The van der Waals surface area contributed by atoms with Gasteiger partial charge < -0.3 is 9.64 Å². The lowest BCUT2D eigenvalue weighted by Crippen LogP contribution is -2.44. The number of ether oxygens (including phenoxy) is 1. The van der Waals surface area contributed by atoms with Crippen LogP contribution in [0.1, 0.15) is 12.0 Å². The molecule has 0 bridgehead atoms. The van der Waals surface area contributed by atoms with Crippen LogP contribution >= 0.6 is 0 Å². The van der Waals surface area contributed by atoms with Crippen LogP contribution in [0.3, 0.4) is 0 Å². The zero-order valence-electron chi connectivity index (χ0n) is 16.6. The molecule has 0 spiro atoms. The van der Waals surface area contributed by atoms with Gasteiger partial charge in [0.15, 0.2) is 0 Å². The van der Waals surface area contributed by atoms with E-state index >= 15 is 0 Å². The van der Waals surface area contributed by atoms with Crippen LogP contribution in [-0.4, -0.2) is 50.2 Å². The summed E-state index contributed by atoms with van der Waals surface area (Å²) in [5.41, 5.74) is 4.72. The van der Waals surface area contributed by atoms with Crippen molar-refractivity contribution in [2.24, 2.45) is 0 Å². The first-order valence-electron chi connectivity index (χ1n) is 10.5. The first kappa shape index (κ1) is 18.3. The summed E-state index contributed by atoms with van der Waals surface area (Å²) in [4.78, 5) is 17.1. The van der Waals surface area contributed by atoms with Crippen molar-refractivity contribution in [3.8, 4) is 11.1 Å². The Hall–Kier alpha value is -2.69. The fraction of sp³-hybridized carbons (Fsp3) is 0.320. The Balaban J connectivity index is 1.44. The number of anilines is 1. The number of hydrogen-bond donors (Lipinski definition) is 0. The predicted octanol–water partition coefficient (Wildman–Crippen LogP) is 4.12. The Morgan fingerprint density at radius 2 is 1.55 bits per heavy atom. The Morgan fingerprint density at radius 1 is 0.793 bits per heavy atom. The average molecular weight is 386 g/mol. The Kier molecular flexibility index (Phi) is 5.04. The molecule has 0 unspecified atom stereocenters. The minimum absolute atomic E-state index is 0.237. The van der Waals surface area contributed by atoms with Crippen LogP contribution in [0.15, 0.2) is 60.7 Å². The van der Waals surface area contributed by atoms with Crippen molar-refractivity contribution >= 4 is 22.4 Å². The number of amides is 1. The number of benzene rings is 3. The molecule has 0 radical (unpaired) electrons. The van der Waals surface area contributed by atoms with Crippen LogP contribution in [0, 0.1) is 0 Å². The fourth-order valence-electron chi connectivity index (χ4n) is 4.40. The monoisotopic (exact) mass is 386 g/mol. The summed E-state index contributed by atoms with van der Waals surface area (Å²) in [6, 6.07) is 21.6. The molecular weight excluding hydrogens is 360 g/mol. The topological polar surface area (TPSA) is 32.8 Å². The highest BCUT2D eigenvalue weighted by molar-refractivity contribution is 5.97. The van der Waals surface area contributed by atoms with Gasteiger partial charge in [0, 0.05) is 38.3 Å². The molecule has 1 fully saturated rings. The standard InChI is InChI=1S/C25H26N2O2/c28-25-10-9-20-6-8-23(22-7-5-19-3-1-2-4-21(19)17-22)18-24(20)27(25)12-11-26-13-15-29-16-14-26/h1-8,17-18H,9-16H2. The first-order valence-corrected chi connectivity index (χ1v) is 10.5. The van der Waals surface area contributed by atoms with Gasteiger partial charge in [-0.1, -0.05) is 48.5 Å². The maximum absolute atomic E-state index is 12.7. The highest BCUT2D eigenvalue weighted by Gasteiger charge is 2.25. The van der Waals surface area contributed by atoms with Crippen molar-refractivity contribution in [2.45, 2.75) is 12.8 Å². The van der Waals surface area contributed by atoms with Crippen LogP contribution in [0.2, 0.25) is 0 Å². The minimum Gasteiger partial charge on any atom is -0.379 e. The Morgan fingerprint density at radius 3 is 2.41 bits per heavy atom. The van der Waals surface area contributed by atoms with E-state index in [1.54, 1.807) is 0 Å². The number of rotatable bonds is 4. The van der Waals surface area contributed by atoms with Crippen molar-refractivity contribution in [1.29, 1.82) is 0 Å². The third-order valence-corrected chi connectivity index (χ3v) is 6.11. The normalized spacial score (nSPS) is 17.5. The van der Waals surface area contributed by atoms with E-state index in [1.165, 1.54) is 27.5 Å². The quantitative estimate of drug-likeness (QED) is 0.676. The Bertz CT molecular complexity index is 1040.